The number of aromatic nitrogens is 1. The van der Waals surface area contributed by atoms with Gasteiger partial charge in [0.05, 0.1) is 0 Å². The zero-order valence-electron chi connectivity index (χ0n) is 10.3. The van der Waals surface area contributed by atoms with Crippen LogP contribution in [0.25, 0.3) is 0 Å². The van der Waals surface area contributed by atoms with Gasteiger partial charge in [-0.3, -0.25) is 9.59 Å². The van der Waals surface area contributed by atoms with Gasteiger partial charge in [-0.25, -0.2) is 4.98 Å². The number of carbonyl (C=O) groups is 2. The van der Waals surface area contributed by atoms with Crippen molar-refractivity contribution in [2.75, 3.05) is 25.4 Å². The first-order valence-corrected chi connectivity index (χ1v) is 5.86. The van der Waals surface area contributed by atoms with Crippen molar-refractivity contribution in [2.45, 2.75) is 13.3 Å². The van der Waals surface area contributed by atoms with Crippen LogP contribution in [0.2, 0.25) is 0 Å². The first kappa shape index (κ1) is 12.3. The third-order valence-corrected chi connectivity index (χ3v) is 2.82. The van der Waals surface area contributed by atoms with Crippen LogP contribution in [0.5, 0.6) is 0 Å². The summed E-state index contributed by atoms with van der Waals surface area (Å²) >= 11 is 0. The summed E-state index contributed by atoms with van der Waals surface area (Å²) < 4.78 is 0. The van der Waals surface area contributed by atoms with Gasteiger partial charge in [0.15, 0.2) is 0 Å². The molecule has 3 N–H and O–H groups in total. The summed E-state index contributed by atoms with van der Waals surface area (Å²) in [5, 5.41) is 2.73. The van der Waals surface area contributed by atoms with Crippen LogP contribution in [0.15, 0.2) is 12.1 Å². The number of nitrogens with zero attached hydrogens (tertiary/aromatic N) is 2. The molecule has 0 saturated carbocycles. The van der Waals surface area contributed by atoms with Crippen molar-refractivity contribution < 1.29 is 9.59 Å². The fraction of sp³-hybridized carbons (Fsp3) is 0.417. The molecule has 0 aromatic carbocycles. The summed E-state index contributed by atoms with van der Waals surface area (Å²) in [6, 6.07) is 3.27. The van der Waals surface area contributed by atoms with E-state index in [0.29, 0.717) is 43.1 Å². The minimum absolute atomic E-state index is 0.0178. The molecule has 0 radical (unpaired) electrons. The van der Waals surface area contributed by atoms with Crippen LogP contribution < -0.4 is 11.1 Å². The number of amides is 2. The van der Waals surface area contributed by atoms with Crippen molar-refractivity contribution in [3.8, 4) is 0 Å². The van der Waals surface area contributed by atoms with E-state index in [0.717, 1.165) is 0 Å². The van der Waals surface area contributed by atoms with Crippen LogP contribution in [-0.2, 0) is 4.79 Å². The standard InChI is InChI=1S/C12H16N4O2/c1-8-6-9(7-10(13)15-8)12(18)16-4-2-11(17)14-3-5-16/h6-7H,2-5H2,1H3,(H2,13,15)(H,14,17). The fourth-order valence-electron chi connectivity index (χ4n) is 1.97. The van der Waals surface area contributed by atoms with E-state index < -0.39 is 0 Å². The lowest BCUT2D eigenvalue weighted by Gasteiger charge is -2.19. The molecule has 1 aromatic heterocycles. The average molecular weight is 248 g/mol. The Morgan fingerprint density at radius 1 is 1.44 bits per heavy atom. The number of pyridine rings is 1. The Morgan fingerprint density at radius 2 is 2.22 bits per heavy atom. The Morgan fingerprint density at radius 3 is 2.94 bits per heavy atom. The zero-order valence-corrected chi connectivity index (χ0v) is 10.3. The molecule has 6 heteroatoms. The fourth-order valence-corrected chi connectivity index (χ4v) is 1.97. The Kier molecular flexibility index (Phi) is 3.45. The minimum Gasteiger partial charge on any atom is -0.384 e. The smallest absolute Gasteiger partial charge is 0.254 e. The molecule has 1 aliphatic heterocycles. The highest BCUT2D eigenvalue weighted by atomic mass is 16.2. The predicted octanol–water partition coefficient (Wildman–Crippen LogP) is -0.0657. The van der Waals surface area contributed by atoms with Crippen molar-refractivity contribution in [1.29, 1.82) is 0 Å². The molecule has 6 nitrogen and oxygen atoms in total. The molecule has 2 rings (SSSR count). The number of nitrogens with one attached hydrogen (secondary N) is 1. The molecule has 0 bridgehead atoms. The van der Waals surface area contributed by atoms with E-state index in [1.165, 1.54) is 0 Å². The number of nitrogen functional groups attached to an aromatic ring is 1. The number of anilines is 1. The van der Waals surface area contributed by atoms with Gasteiger partial charge < -0.3 is 16.0 Å². The van der Waals surface area contributed by atoms with Crippen molar-refractivity contribution in [2.24, 2.45) is 0 Å². The lowest BCUT2D eigenvalue weighted by molar-refractivity contribution is -0.120. The summed E-state index contributed by atoms with van der Waals surface area (Å²) in [7, 11) is 0. The molecular formula is C12H16N4O2. The average Bonchev–Trinajstić information content (AvgIpc) is 2.52. The van der Waals surface area contributed by atoms with Gasteiger partial charge in [0, 0.05) is 37.3 Å². The van der Waals surface area contributed by atoms with Gasteiger partial charge in [0.2, 0.25) is 5.91 Å². The second-order valence-corrected chi connectivity index (χ2v) is 4.31. The molecule has 0 unspecified atom stereocenters. The van der Waals surface area contributed by atoms with E-state index >= 15 is 0 Å². The number of rotatable bonds is 1. The molecule has 1 aliphatic rings. The topological polar surface area (TPSA) is 88.3 Å². The Bertz CT molecular complexity index is 467. The molecule has 1 saturated heterocycles. The SMILES string of the molecule is Cc1cc(C(=O)N2CCNC(=O)CC2)cc(N)n1. The van der Waals surface area contributed by atoms with Gasteiger partial charge in [-0.05, 0) is 19.1 Å². The highest BCUT2D eigenvalue weighted by Crippen LogP contribution is 2.11. The van der Waals surface area contributed by atoms with Gasteiger partial charge >= 0.3 is 0 Å². The van der Waals surface area contributed by atoms with Crippen LogP contribution in [0.1, 0.15) is 22.5 Å². The Labute approximate surface area is 105 Å². The summed E-state index contributed by atoms with van der Waals surface area (Å²) in [6.45, 7) is 3.24. The van der Waals surface area contributed by atoms with Crippen molar-refractivity contribution in [3.05, 3.63) is 23.4 Å². The number of aryl methyl sites for hydroxylation is 1. The number of carbonyl (C=O) groups excluding carboxylic acids is 2. The van der Waals surface area contributed by atoms with Crippen LogP contribution in [0.3, 0.4) is 0 Å². The molecule has 2 amide bonds. The van der Waals surface area contributed by atoms with Gasteiger partial charge in [-0.2, -0.15) is 0 Å². The maximum absolute atomic E-state index is 12.3. The van der Waals surface area contributed by atoms with E-state index in [-0.39, 0.29) is 11.8 Å². The molecule has 18 heavy (non-hydrogen) atoms. The van der Waals surface area contributed by atoms with Crippen LogP contribution in [0, 0.1) is 6.92 Å². The number of nitrogens with two attached hydrogens (primary N) is 1. The van der Waals surface area contributed by atoms with E-state index in [4.69, 9.17) is 5.73 Å². The van der Waals surface area contributed by atoms with Crippen molar-refractivity contribution in [3.63, 3.8) is 0 Å². The molecule has 0 atom stereocenters. The van der Waals surface area contributed by atoms with Crippen molar-refractivity contribution in [1.82, 2.24) is 15.2 Å². The highest BCUT2D eigenvalue weighted by Gasteiger charge is 2.20. The normalized spacial score (nSPS) is 16.1. The zero-order chi connectivity index (χ0) is 13.1. The minimum atomic E-state index is -0.108. The molecule has 2 heterocycles. The van der Waals surface area contributed by atoms with Gasteiger partial charge in [-0.1, -0.05) is 0 Å². The summed E-state index contributed by atoms with van der Waals surface area (Å²) in [6.07, 6.45) is 0.339. The van der Waals surface area contributed by atoms with E-state index in [1.807, 2.05) is 0 Å². The quantitative estimate of drug-likeness (QED) is 0.728. The Balaban J connectivity index is 2.17. The van der Waals surface area contributed by atoms with E-state index in [1.54, 1.807) is 24.0 Å². The lowest BCUT2D eigenvalue weighted by Crippen LogP contribution is -2.34. The van der Waals surface area contributed by atoms with E-state index in [2.05, 4.69) is 10.3 Å². The van der Waals surface area contributed by atoms with Crippen LogP contribution in [0.4, 0.5) is 5.82 Å². The maximum Gasteiger partial charge on any atom is 0.254 e. The van der Waals surface area contributed by atoms with Gasteiger partial charge in [0.25, 0.3) is 5.91 Å². The third kappa shape index (κ3) is 2.77. The summed E-state index contributed by atoms with van der Waals surface area (Å²) in [4.78, 5) is 29.2. The third-order valence-electron chi connectivity index (χ3n) is 2.82. The second-order valence-electron chi connectivity index (χ2n) is 4.31. The second kappa shape index (κ2) is 5.03. The lowest BCUT2D eigenvalue weighted by atomic mass is 10.2. The molecule has 0 aliphatic carbocycles. The molecule has 1 fully saturated rings. The molecular weight excluding hydrogens is 232 g/mol. The largest absolute Gasteiger partial charge is 0.384 e. The van der Waals surface area contributed by atoms with Crippen molar-refractivity contribution >= 4 is 17.6 Å². The summed E-state index contributed by atoms with van der Waals surface area (Å²) in [5.74, 6) is 0.210. The number of hydrogen-bond acceptors (Lipinski definition) is 4. The van der Waals surface area contributed by atoms with E-state index in [9.17, 15) is 9.59 Å². The first-order chi connectivity index (χ1) is 8.56. The number of hydrogen-bond donors (Lipinski definition) is 2. The maximum atomic E-state index is 12.3. The molecule has 96 valence electrons. The first-order valence-electron chi connectivity index (χ1n) is 5.86. The Hall–Kier alpha value is -2.11. The van der Waals surface area contributed by atoms with Gasteiger partial charge in [0.1, 0.15) is 5.82 Å². The predicted molar refractivity (Wildman–Crippen MR) is 66.9 cm³/mol. The van der Waals surface area contributed by atoms with Gasteiger partial charge in [-0.15, -0.1) is 0 Å². The monoisotopic (exact) mass is 248 g/mol. The highest BCUT2D eigenvalue weighted by molar-refractivity contribution is 5.95. The van der Waals surface area contributed by atoms with Crippen LogP contribution in [-0.4, -0.2) is 41.3 Å². The summed E-state index contributed by atoms with van der Waals surface area (Å²) in [5.41, 5.74) is 6.86. The molecule has 1 aromatic rings. The molecule has 0 spiro atoms. The van der Waals surface area contributed by atoms with Crippen LogP contribution >= 0.6 is 0 Å².